The highest BCUT2D eigenvalue weighted by molar-refractivity contribution is 4.81. The van der Waals surface area contributed by atoms with Gasteiger partial charge in [-0.05, 0) is 25.9 Å². The van der Waals surface area contributed by atoms with Gasteiger partial charge < -0.3 is 9.64 Å². The van der Waals surface area contributed by atoms with Crippen LogP contribution in [0.4, 0.5) is 0 Å². The third-order valence-corrected chi connectivity index (χ3v) is 3.48. The molecule has 0 saturated carbocycles. The van der Waals surface area contributed by atoms with Gasteiger partial charge in [-0.1, -0.05) is 13.8 Å². The SMILES string of the molecule is CCN(CC)CCOC1CCN(CC#N)CC1. The van der Waals surface area contributed by atoms with E-state index in [-0.39, 0.29) is 0 Å². The second-order valence-electron chi connectivity index (χ2n) is 4.53. The predicted molar refractivity (Wildman–Crippen MR) is 68.8 cm³/mol. The molecule has 0 N–H and O–H groups in total. The first kappa shape index (κ1) is 14.4. The molecule has 17 heavy (non-hydrogen) atoms. The Hall–Kier alpha value is -0.630. The largest absolute Gasteiger partial charge is 0.377 e. The number of likely N-dealkylation sites (tertiary alicyclic amines) is 1. The zero-order valence-electron chi connectivity index (χ0n) is 11.2. The van der Waals surface area contributed by atoms with Gasteiger partial charge in [0, 0.05) is 19.6 Å². The monoisotopic (exact) mass is 239 g/mol. The van der Waals surface area contributed by atoms with Crippen LogP contribution >= 0.6 is 0 Å². The molecule has 1 fully saturated rings. The minimum Gasteiger partial charge on any atom is -0.377 e. The van der Waals surface area contributed by atoms with Crippen LogP contribution in [0.25, 0.3) is 0 Å². The van der Waals surface area contributed by atoms with Crippen molar-refractivity contribution in [2.75, 3.05) is 45.9 Å². The zero-order chi connectivity index (χ0) is 12.5. The van der Waals surface area contributed by atoms with Crippen LogP contribution in [0.2, 0.25) is 0 Å². The lowest BCUT2D eigenvalue weighted by Crippen LogP contribution is -2.38. The Labute approximate surface area is 105 Å². The Bertz CT molecular complexity index is 227. The highest BCUT2D eigenvalue weighted by atomic mass is 16.5. The third-order valence-electron chi connectivity index (χ3n) is 3.48. The van der Waals surface area contributed by atoms with Crippen molar-refractivity contribution < 1.29 is 4.74 Å². The van der Waals surface area contributed by atoms with E-state index in [9.17, 15) is 0 Å². The second-order valence-corrected chi connectivity index (χ2v) is 4.53. The third kappa shape index (κ3) is 5.49. The van der Waals surface area contributed by atoms with E-state index < -0.39 is 0 Å². The van der Waals surface area contributed by atoms with Crippen LogP contribution in [0.15, 0.2) is 0 Å². The van der Waals surface area contributed by atoms with E-state index in [2.05, 4.69) is 29.7 Å². The van der Waals surface area contributed by atoms with Gasteiger partial charge in [0.2, 0.25) is 0 Å². The normalized spacial score (nSPS) is 18.5. The number of hydrogen-bond acceptors (Lipinski definition) is 4. The Morgan fingerprint density at radius 2 is 1.94 bits per heavy atom. The number of hydrogen-bond donors (Lipinski definition) is 0. The topological polar surface area (TPSA) is 39.5 Å². The predicted octanol–water partition coefficient (Wildman–Crippen LogP) is 1.33. The minimum atomic E-state index is 0.403. The summed E-state index contributed by atoms with van der Waals surface area (Å²) in [5, 5.41) is 8.61. The Morgan fingerprint density at radius 1 is 1.29 bits per heavy atom. The van der Waals surface area contributed by atoms with Crippen molar-refractivity contribution in [1.82, 2.24) is 9.80 Å². The van der Waals surface area contributed by atoms with Crippen molar-refractivity contribution in [3.8, 4) is 6.07 Å². The van der Waals surface area contributed by atoms with Crippen molar-refractivity contribution in [3.05, 3.63) is 0 Å². The fraction of sp³-hybridized carbons (Fsp3) is 0.923. The highest BCUT2D eigenvalue weighted by Gasteiger charge is 2.19. The molecule has 1 rings (SSSR count). The van der Waals surface area contributed by atoms with E-state index in [1.165, 1.54) is 0 Å². The van der Waals surface area contributed by atoms with Crippen molar-refractivity contribution >= 4 is 0 Å². The molecule has 1 aliphatic heterocycles. The summed E-state index contributed by atoms with van der Waals surface area (Å²) in [7, 11) is 0. The molecule has 0 radical (unpaired) electrons. The first-order valence-corrected chi connectivity index (χ1v) is 6.73. The maximum Gasteiger partial charge on any atom is 0.0866 e. The Kier molecular flexibility index (Phi) is 7.18. The lowest BCUT2D eigenvalue weighted by atomic mass is 10.1. The molecular formula is C13H25N3O. The van der Waals surface area contributed by atoms with Gasteiger partial charge in [-0.2, -0.15) is 5.26 Å². The molecule has 0 amide bonds. The summed E-state index contributed by atoms with van der Waals surface area (Å²) in [6, 6.07) is 2.20. The molecule has 1 aliphatic rings. The molecule has 1 heterocycles. The molecule has 98 valence electrons. The molecule has 0 spiro atoms. The van der Waals surface area contributed by atoms with Gasteiger partial charge in [0.15, 0.2) is 0 Å². The Balaban J connectivity index is 2.08. The average molecular weight is 239 g/mol. The van der Waals surface area contributed by atoms with Gasteiger partial charge in [0.25, 0.3) is 0 Å². The van der Waals surface area contributed by atoms with Crippen molar-refractivity contribution in [3.63, 3.8) is 0 Å². The molecular weight excluding hydrogens is 214 g/mol. The molecule has 0 aliphatic carbocycles. The van der Waals surface area contributed by atoms with Crippen LogP contribution in [0.5, 0.6) is 0 Å². The van der Waals surface area contributed by atoms with Gasteiger partial charge in [0.1, 0.15) is 0 Å². The van der Waals surface area contributed by atoms with E-state index in [1.807, 2.05) is 0 Å². The molecule has 0 aromatic rings. The van der Waals surface area contributed by atoms with E-state index >= 15 is 0 Å². The summed E-state index contributed by atoms with van der Waals surface area (Å²) < 4.78 is 5.89. The van der Waals surface area contributed by atoms with Crippen LogP contribution in [-0.2, 0) is 4.74 Å². The van der Waals surface area contributed by atoms with Gasteiger partial charge in [-0.3, -0.25) is 4.90 Å². The number of nitrogens with zero attached hydrogens (tertiary/aromatic N) is 3. The molecule has 1 saturated heterocycles. The lowest BCUT2D eigenvalue weighted by Gasteiger charge is -2.30. The number of piperidine rings is 1. The Morgan fingerprint density at radius 3 is 2.47 bits per heavy atom. The van der Waals surface area contributed by atoms with Crippen molar-refractivity contribution in [2.45, 2.75) is 32.8 Å². The second kappa shape index (κ2) is 8.46. The average Bonchev–Trinajstić information content (AvgIpc) is 2.37. The van der Waals surface area contributed by atoms with Crippen LogP contribution < -0.4 is 0 Å². The smallest absolute Gasteiger partial charge is 0.0866 e. The summed E-state index contributed by atoms with van der Waals surface area (Å²) in [6.45, 7) is 11.0. The molecule has 0 aromatic carbocycles. The summed E-state index contributed by atoms with van der Waals surface area (Å²) in [5.41, 5.74) is 0. The number of nitriles is 1. The minimum absolute atomic E-state index is 0.403. The molecule has 0 atom stereocenters. The number of likely N-dealkylation sites (N-methyl/N-ethyl adjacent to an activating group) is 1. The summed E-state index contributed by atoms with van der Waals surface area (Å²) >= 11 is 0. The molecule has 4 nitrogen and oxygen atoms in total. The van der Waals surface area contributed by atoms with Crippen molar-refractivity contribution in [2.24, 2.45) is 0 Å². The van der Waals surface area contributed by atoms with E-state index in [0.29, 0.717) is 12.6 Å². The standard InChI is InChI=1S/C13H25N3O/c1-3-15(4-2)11-12-17-13-5-8-16(9-6-13)10-7-14/h13H,3-6,8-12H2,1-2H3. The van der Waals surface area contributed by atoms with Gasteiger partial charge in [-0.15, -0.1) is 0 Å². The fourth-order valence-corrected chi connectivity index (χ4v) is 2.22. The van der Waals surface area contributed by atoms with Crippen molar-refractivity contribution in [1.29, 1.82) is 5.26 Å². The van der Waals surface area contributed by atoms with E-state index in [4.69, 9.17) is 10.00 Å². The van der Waals surface area contributed by atoms with Crippen LogP contribution in [0.1, 0.15) is 26.7 Å². The first-order chi connectivity index (χ1) is 8.30. The molecule has 0 unspecified atom stereocenters. The summed E-state index contributed by atoms with van der Waals surface area (Å²) in [5.74, 6) is 0. The van der Waals surface area contributed by atoms with E-state index in [1.54, 1.807) is 0 Å². The van der Waals surface area contributed by atoms with Crippen LogP contribution in [0.3, 0.4) is 0 Å². The van der Waals surface area contributed by atoms with Gasteiger partial charge in [0.05, 0.1) is 25.3 Å². The first-order valence-electron chi connectivity index (χ1n) is 6.73. The van der Waals surface area contributed by atoms with Gasteiger partial charge >= 0.3 is 0 Å². The van der Waals surface area contributed by atoms with Crippen LogP contribution in [0, 0.1) is 11.3 Å². The quantitative estimate of drug-likeness (QED) is 0.628. The molecule has 4 heteroatoms. The molecule has 0 aromatic heterocycles. The fourth-order valence-electron chi connectivity index (χ4n) is 2.22. The number of ether oxygens (including phenoxy) is 1. The summed E-state index contributed by atoms with van der Waals surface area (Å²) in [4.78, 5) is 4.58. The lowest BCUT2D eigenvalue weighted by molar-refractivity contribution is 0.00144. The maximum atomic E-state index is 8.61. The van der Waals surface area contributed by atoms with Crippen LogP contribution in [-0.4, -0.2) is 61.8 Å². The number of rotatable bonds is 7. The maximum absolute atomic E-state index is 8.61. The van der Waals surface area contributed by atoms with E-state index in [0.717, 1.165) is 52.2 Å². The zero-order valence-corrected chi connectivity index (χ0v) is 11.2. The van der Waals surface area contributed by atoms with Gasteiger partial charge in [-0.25, -0.2) is 0 Å². The summed E-state index contributed by atoms with van der Waals surface area (Å²) in [6.07, 6.45) is 2.54. The molecule has 0 bridgehead atoms. The highest BCUT2D eigenvalue weighted by Crippen LogP contribution is 2.13.